The summed E-state index contributed by atoms with van der Waals surface area (Å²) in [6, 6.07) is 15.7. The van der Waals surface area contributed by atoms with Crippen LogP contribution in [0.3, 0.4) is 0 Å². The number of benzene rings is 2. The lowest BCUT2D eigenvalue weighted by Gasteiger charge is -2.09. The van der Waals surface area contributed by atoms with Gasteiger partial charge in [-0.2, -0.15) is 4.98 Å². The highest BCUT2D eigenvalue weighted by molar-refractivity contribution is 5.61. The number of anilines is 2. The van der Waals surface area contributed by atoms with E-state index in [1.807, 2.05) is 44.2 Å². The second-order valence-corrected chi connectivity index (χ2v) is 6.42. The van der Waals surface area contributed by atoms with Gasteiger partial charge in [-0.1, -0.05) is 30.3 Å². The van der Waals surface area contributed by atoms with Crippen LogP contribution >= 0.6 is 0 Å². The maximum absolute atomic E-state index is 13.1. The molecule has 0 saturated carbocycles. The van der Waals surface area contributed by atoms with Crippen molar-refractivity contribution in [2.45, 2.75) is 20.4 Å². The van der Waals surface area contributed by atoms with E-state index in [0.717, 1.165) is 22.5 Å². The molecule has 2 aromatic carbocycles. The number of rotatable bonds is 4. The summed E-state index contributed by atoms with van der Waals surface area (Å²) >= 11 is 0. The molecule has 0 saturated heterocycles. The third-order valence-corrected chi connectivity index (χ3v) is 4.39. The van der Waals surface area contributed by atoms with Crippen LogP contribution in [0.5, 0.6) is 0 Å². The minimum atomic E-state index is -0.314. The Hall–Kier alpha value is -3.48. The predicted octanol–water partition coefficient (Wildman–Crippen LogP) is 3.44. The molecule has 136 valence electrons. The lowest BCUT2D eigenvalue weighted by atomic mass is 10.2. The van der Waals surface area contributed by atoms with Gasteiger partial charge in [0.2, 0.25) is 0 Å². The van der Waals surface area contributed by atoms with E-state index in [4.69, 9.17) is 0 Å². The number of aryl methyl sites for hydroxylation is 2. The predicted molar refractivity (Wildman–Crippen MR) is 102 cm³/mol. The van der Waals surface area contributed by atoms with Crippen LogP contribution in [0.15, 0.2) is 59.4 Å². The Kier molecular flexibility index (Phi) is 4.19. The average Bonchev–Trinajstić information content (AvgIpc) is 2.95. The van der Waals surface area contributed by atoms with Crippen molar-refractivity contribution >= 4 is 17.3 Å². The molecule has 27 heavy (non-hydrogen) atoms. The summed E-state index contributed by atoms with van der Waals surface area (Å²) in [5.41, 5.74) is 3.28. The summed E-state index contributed by atoms with van der Waals surface area (Å²) in [6.07, 6.45) is 0. The quantitative estimate of drug-likeness (QED) is 0.603. The fraction of sp³-hybridized carbons (Fsp3) is 0.150. The van der Waals surface area contributed by atoms with Crippen LogP contribution in [0, 0.1) is 19.7 Å². The third-order valence-electron chi connectivity index (χ3n) is 4.39. The first-order valence-corrected chi connectivity index (χ1v) is 8.55. The number of aromatic nitrogens is 4. The molecular formula is C20H18FN5O. The van der Waals surface area contributed by atoms with Gasteiger partial charge < -0.3 is 5.32 Å². The second-order valence-electron chi connectivity index (χ2n) is 6.42. The van der Waals surface area contributed by atoms with E-state index in [-0.39, 0.29) is 18.1 Å². The Balaban J connectivity index is 1.71. The molecule has 0 aliphatic heterocycles. The van der Waals surface area contributed by atoms with E-state index in [1.54, 1.807) is 12.1 Å². The molecule has 0 aliphatic rings. The molecule has 0 spiro atoms. The van der Waals surface area contributed by atoms with Gasteiger partial charge in [0.05, 0.1) is 6.54 Å². The van der Waals surface area contributed by atoms with Crippen LogP contribution in [-0.4, -0.2) is 19.2 Å². The van der Waals surface area contributed by atoms with Gasteiger partial charge in [-0.3, -0.25) is 0 Å². The number of para-hydroxylation sites is 1. The molecule has 4 aromatic rings. The maximum Gasteiger partial charge on any atom is 0.352 e. The van der Waals surface area contributed by atoms with Gasteiger partial charge in [0.25, 0.3) is 5.78 Å². The summed E-state index contributed by atoms with van der Waals surface area (Å²) < 4.78 is 15.9. The highest BCUT2D eigenvalue weighted by Gasteiger charge is 2.12. The van der Waals surface area contributed by atoms with E-state index >= 15 is 0 Å². The highest BCUT2D eigenvalue weighted by Crippen LogP contribution is 2.19. The molecule has 1 N–H and O–H groups in total. The third kappa shape index (κ3) is 3.31. The summed E-state index contributed by atoms with van der Waals surface area (Å²) in [7, 11) is 0. The molecule has 4 rings (SSSR count). The Morgan fingerprint density at radius 1 is 1.07 bits per heavy atom. The van der Waals surface area contributed by atoms with Crippen molar-refractivity contribution in [2.75, 3.05) is 5.32 Å². The molecule has 0 aliphatic carbocycles. The molecule has 0 radical (unpaired) electrons. The molecule has 2 heterocycles. The van der Waals surface area contributed by atoms with Crippen LogP contribution in [-0.2, 0) is 6.54 Å². The highest BCUT2D eigenvalue weighted by atomic mass is 19.1. The van der Waals surface area contributed by atoms with Crippen molar-refractivity contribution in [1.29, 1.82) is 0 Å². The van der Waals surface area contributed by atoms with Gasteiger partial charge in [0, 0.05) is 17.4 Å². The van der Waals surface area contributed by atoms with Crippen molar-refractivity contribution in [2.24, 2.45) is 0 Å². The standard InChI is InChI=1S/C20H18FN5O/c1-13-5-3-4-6-17(13)22-18-11-14(2)26-19(23-18)24-25(20(26)27)12-15-7-9-16(21)10-8-15/h3-11H,12H2,1-2H3,(H,22,23,24). The van der Waals surface area contributed by atoms with Gasteiger partial charge in [0.1, 0.15) is 11.6 Å². The van der Waals surface area contributed by atoms with Gasteiger partial charge in [-0.25, -0.2) is 18.3 Å². The number of nitrogens with one attached hydrogen (secondary N) is 1. The SMILES string of the molecule is Cc1ccccc1Nc1cc(C)n2c(=O)n(Cc3ccc(F)cc3)nc2n1. The van der Waals surface area contributed by atoms with Crippen LogP contribution in [0.2, 0.25) is 0 Å². The number of halogens is 1. The lowest BCUT2D eigenvalue weighted by molar-refractivity contribution is 0.622. The monoisotopic (exact) mass is 363 g/mol. The number of nitrogens with zero attached hydrogens (tertiary/aromatic N) is 4. The minimum absolute atomic E-state index is 0.252. The fourth-order valence-electron chi connectivity index (χ4n) is 2.96. The molecule has 0 unspecified atom stereocenters. The Morgan fingerprint density at radius 2 is 1.81 bits per heavy atom. The zero-order valence-corrected chi connectivity index (χ0v) is 15.0. The first-order chi connectivity index (χ1) is 13.0. The first kappa shape index (κ1) is 17.0. The maximum atomic E-state index is 13.1. The van der Waals surface area contributed by atoms with Gasteiger partial charge >= 0.3 is 5.69 Å². The van der Waals surface area contributed by atoms with Crippen molar-refractivity contribution in [1.82, 2.24) is 19.2 Å². The largest absolute Gasteiger partial charge is 0.352 e. The lowest BCUT2D eigenvalue weighted by Crippen LogP contribution is -2.22. The normalized spacial score (nSPS) is 11.1. The van der Waals surface area contributed by atoms with Crippen LogP contribution in [0.4, 0.5) is 15.9 Å². The zero-order valence-electron chi connectivity index (χ0n) is 15.0. The average molecular weight is 363 g/mol. The van der Waals surface area contributed by atoms with Gasteiger partial charge in [-0.05, 0) is 43.2 Å². The van der Waals surface area contributed by atoms with E-state index in [1.165, 1.54) is 21.2 Å². The van der Waals surface area contributed by atoms with Crippen LogP contribution < -0.4 is 11.0 Å². The van der Waals surface area contributed by atoms with Crippen LogP contribution in [0.25, 0.3) is 5.78 Å². The molecule has 7 heteroatoms. The van der Waals surface area contributed by atoms with Gasteiger partial charge in [0.15, 0.2) is 0 Å². The van der Waals surface area contributed by atoms with E-state index in [9.17, 15) is 9.18 Å². The van der Waals surface area contributed by atoms with Crippen molar-refractivity contribution in [3.63, 3.8) is 0 Å². The Morgan fingerprint density at radius 3 is 2.56 bits per heavy atom. The summed E-state index contributed by atoms with van der Waals surface area (Å²) in [6.45, 7) is 4.10. The Bertz CT molecular complexity index is 1180. The first-order valence-electron chi connectivity index (χ1n) is 8.55. The molecule has 0 amide bonds. The van der Waals surface area contributed by atoms with Crippen molar-refractivity contribution in [3.05, 3.63) is 87.7 Å². The van der Waals surface area contributed by atoms with Crippen molar-refractivity contribution in [3.8, 4) is 0 Å². The van der Waals surface area contributed by atoms with E-state index < -0.39 is 0 Å². The molecule has 6 nitrogen and oxygen atoms in total. The molecule has 0 atom stereocenters. The fourth-order valence-corrected chi connectivity index (χ4v) is 2.96. The summed E-state index contributed by atoms with van der Waals surface area (Å²) in [5, 5.41) is 7.61. The smallest absolute Gasteiger partial charge is 0.340 e. The zero-order chi connectivity index (χ0) is 19.0. The second kappa shape index (κ2) is 6.68. The number of hydrogen-bond donors (Lipinski definition) is 1. The Labute approximate surface area is 154 Å². The van der Waals surface area contributed by atoms with Crippen LogP contribution in [0.1, 0.15) is 16.8 Å². The summed E-state index contributed by atoms with van der Waals surface area (Å²) in [5.74, 6) is 0.622. The number of fused-ring (bicyclic) bond motifs is 1. The molecule has 0 bridgehead atoms. The summed E-state index contributed by atoms with van der Waals surface area (Å²) in [4.78, 5) is 17.1. The minimum Gasteiger partial charge on any atom is -0.340 e. The van der Waals surface area contributed by atoms with E-state index in [0.29, 0.717) is 11.6 Å². The van der Waals surface area contributed by atoms with Crippen molar-refractivity contribution < 1.29 is 4.39 Å². The molecular weight excluding hydrogens is 345 g/mol. The molecule has 0 fully saturated rings. The van der Waals surface area contributed by atoms with Gasteiger partial charge in [-0.15, -0.1) is 5.10 Å². The molecule has 2 aromatic heterocycles. The topological polar surface area (TPSA) is 64.2 Å². The van der Waals surface area contributed by atoms with E-state index in [2.05, 4.69) is 15.4 Å². The number of hydrogen-bond acceptors (Lipinski definition) is 4.